The zero-order valence-electron chi connectivity index (χ0n) is 15.2. The van der Waals surface area contributed by atoms with Crippen molar-refractivity contribution in [2.24, 2.45) is 0 Å². The van der Waals surface area contributed by atoms with Gasteiger partial charge in [-0.2, -0.15) is 18.2 Å². The number of aromatic nitrogens is 1. The number of hydrogen-bond acceptors (Lipinski definition) is 5. The van der Waals surface area contributed by atoms with Crippen molar-refractivity contribution in [3.8, 4) is 0 Å². The minimum absolute atomic E-state index is 0.0390. The van der Waals surface area contributed by atoms with E-state index in [0.29, 0.717) is 36.1 Å². The van der Waals surface area contributed by atoms with Gasteiger partial charge in [-0.15, -0.1) is 0 Å². The van der Waals surface area contributed by atoms with E-state index in [0.717, 1.165) is 24.6 Å². The summed E-state index contributed by atoms with van der Waals surface area (Å²) < 4.78 is 71.8. The van der Waals surface area contributed by atoms with E-state index in [1.807, 2.05) is 23.1 Å². The highest BCUT2D eigenvalue weighted by molar-refractivity contribution is 7.89. The molecule has 0 saturated carbocycles. The lowest BCUT2D eigenvalue weighted by Crippen LogP contribution is -2.40. The van der Waals surface area contributed by atoms with E-state index in [-0.39, 0.29) is 12.6 Å². The number of para-hydroxylation sites is 2. The Morgan fingerprint density at radius 1 is 1.17 bits per heavy atom. The quantitative estimate of drug-likeness (QED) is 0.673. The van der Waals surface area contributed by atoms with Crippen molar-refractivity contribution in [3.63, 3.8) is 0 Å². The molecule has 0 bridgehead atoms. The Balaban J connectivity index is 1.50. The molecule has 0 radical (unpaired) electrons. The zero-order chi connectivity index (χ0) is 20.6. The fraction of sp³-hybridized carbons (Fsp3) is 0.316. The first-order valence-electron chi connectivity index (χ1n) is 9.03. The van der Waals surface area contributed by atoms with Gasteiger partial charge >= 0.3 is 6.18 Å². The summed E-state index contributed by atoms with van der Waals surface area (Å²) in [5.41, 5.74) is 0.338. The SMILES string of the molecule is O=S(=O)(NCC1CCCN1c1nc2ccccc2o1)c1cccc(C(F)(F)F)c1. The summed E-state index contributed by atoms with van der Waals surface area (Å²) in [7, 11) is -4.09. The molecule has 10 heteroatoms. The molecule has 4 rings (SSSR count). The monoisotopic (exact) mass is 425 g/mol. The van der Waals surface area contributed by atoms with E-state index < -0.39 is 26.7 Å². The maximum absolute atomic E-state index is 12.9. The summed E-state index contributed by atoms with van der Waals surface area (Å²) >= 11 is 0. The van der Waals surface area contributed by atoms with Crippen molar-refractivity contribution in [3.05, 3.63) is 54.1 Å². The Labute approximate surface area is 165 Å². The second-order valence-corrected chi connectivity index (χ2v) is 8.60. The third kappa shape index (κ3) is 4.08. The third-order valence-corrected chi connectivity index (χ3v) is 6.31. The predicted molar refractivity (Wildman–Crippen MR) is 101 cm³/mol. The van der Waals surface area contributed by atoms with Crippen LogP contribution in [0.5, 0.6) is 0 Å². The van der Waals surface area contributed by atoms with Crippen LogP contribution >= 0.6 is 0 Å². The number of benzene rings is 2. The van der Waals surface area contributed by atoms with Crippen LogP contribution in [0.2, 0.25) is 0 Å². The van der Waals surface area contributed by atoms with Crippen LogP contribution < -0.4 is 9.62 Å². The molecule has 0 amide bonds. The molecule has 1 N–H and O–H groups in total. The molecule has 1 atom stereocenters. The van der Waals surface area contributed by atoms with Gasteiger partial charge in [0.15, 0.2) is 5.58 Å². The van der Waals surface area contributed by atoms with Gasteiger partial charge in [-0.25, -0.2) is 13.1 Å². The lowest BCUT2D eigenvalue weighted by Gasteiger charge is -2.23. The molecule has 3 aromatic rings. The van der Waals surface area contributed by atoms with Crippen molar-refractivity contribution in [2.45, 2.75) is 30.0 Å². The van der Waals surface area contributed by atoms with Crippen molar-refractivity contribution >= 4 is 27.1 Å². The number of rotatable bonds is 5. The van der Waals surface area contributed by atoms with Crippen LogP contribution in [-0.2, 0) is 16.2 Å². The zero-order valence-corrected chi connectivity index (χ0v) is 16.0. The summed E-state index contributed by atoms with van der Waals surface area (Å²) in [6, 6.07) is 11.2. The smallest absolute Gasteiger partial charge is 0.416 e. The highest BCUT2D eigenvalue weighted by Gasteiger charge is 2.33. The normalized spacial score (nSPS) is 17.9. The van der Waals surface area contributed by atoms with Crippen LogP contribution in [0.25, 0.3) is 11.1 Å². The van der Waals surface area contributed by atoms with E-state index >= 15 is 0 Å². The molecule has 1 fully saturated rings. The minimum Gasteiger partial charge on any atom is -0.423 e. The Bertz CT molecular complexity index is 1100. The molecule has 1 aliphatic heterocycles. The van der Waals surface area contributed by atoms with Crippen LogP contribution in [0.15, 0.2) is 57.8 Å². The molecular weight excluding hydrogens is 407 g/mol. The summed E-state index contributed by atoms with van der Waals surface area (Å²) in [5.74, 6) is 0. The van der Waals surface area contributed by atoms with Gasteiger partial charge in [0.25, 0.3) is 6.01 Å². The average molecular weight is 425 g/mol. The van der Waals surface area contributed by atoms with Gasteiger partial charge in [-0.05, 0) is 43.2 Å². The number of fused-ring (bicyclic) bond motifs is 1. The largest absolute Gasteiger partial charge is 0.423 e. The van der Waals surface area contributed by atoms with Crippen LogP contribution in [0.1, 0.15) is 18.4 Å². The summed E-state index contributed by atoms with van der Waals surface area (Å²) in [4.78, 5) is 5.91. The van der Waals surface area contributed by atoms with Crippen molar-refractivity contribution in [1.82, 2.24) is 9.71 Å². The van der Waals surface area contributed by atoms with Gasteiger partial charge < -0.3 is 9.32 Å². The van der Waals surface area contributed by atoms with Gasteiger partial charge in [0, 0.05) is 19.1 Å². The van der Waals surface area contributed by atoms with Gasteiger partial charge in [0.1, 0.15) is 5.52 Å². The topological polar surface area (TPSA) is 75.4 Å². The van der Waals surface area contributed by atoms with Crippen LogP contribution in [0, 0.1) is 0 Å². The fourth-order valence-corrected chi connectivity index (χ4v) is 4.53. The molecule has 0 spiro atoms. The minimum atomic E-state index is -4.61. The number of nitrogens with zero attached hydrogens (tertiary/aromatic N) is 2. The van der Waals surface area contributed by atoms with Gasteiger partial charge in [-0.3, -0.25) is 0 Å². The molecule has 29 heavy (non-hydrogen) atoms. The number of halogens is 3. The molecule has 2 heterocycles. The molecule has 154 valence electrons. The summed E-state index contributed by atoms with van der Waals surface area (Å²) in [6.07, 6.45) is -3.07. The van der Waals surface area contributed by atoms with Crippen LogP contribution in [-0.4, -0.2) is 32.5 Å². The number of hydrogen-bond donors (Lipinski definition) is 1. The van der Waals surface area contributed by atoms with E-state index in [2.05, 4.69) is 9.71 Å². The molecular formula is C19H18F3N3O3S. The van der Waals surface area contributed by atoms with Crippen molar-refractivity contribution < 1.29 is 26.0 Å². The van der Waals surface area contributed by atoms with E-state index in [1.54, 1.807) is 6.07 Å². The Morgan fingerprint density at radius 3 is 2.72 bits per heavy atom. The summed E-state index contributed by atoms with van der Waals surface area (Å²) in [6.45, 7) is 0.695. The Kier molecular flexibility index (Phi) is 4.99. The number of oxazole rings is 1. The van der Waals surface area contributed by atoms with Crippen molar-refractivity contribution in [1.29, 1.82) is 0 Å². The Hall–Kier alpha value is -2.59. The van der Waals surface area contributed by atoms with Gasteiger partial charge in [0.05, 0.1) is 10.5 Å². The van der Waals surface area contributed by atoms with E-state index in [9.17, 15) is 21.6 Å². The average Bonchev–Trinajstić information content (AvgIpc) is 3.32. The molecule has 6 nitrogen and oxygen atoms in total. The predicted octanol–water partition coefficient (Wildman–Crippen LogP) is 3.79. The molecule has 1 aromatic heterocycles. The maximum Gasteiger partial charge on any atom is 0.416 e. The van der Waals surface area contributed by atoms with Gasteiger partial charge in [0.2, 0.25) is 10.0 Å². The van der Waals surface area contributed by atoms with Crippen LogP contribution in [0.4, 0.5) is 19.2 Å². The molecule has 0 aliphatic carbocycles. The van der Waals surface area contributed by atoms with Crippen molar-refractivity contribution in [2.75, 3.05) is 18.0 Å². The van der Waals surface area contributed by atoms with E-state index in [1.165, 1.54) is 0 Å². The number of alkyl halides is 3. The van der Waals surface area contributed by atoms with Gasteiger partial charge in [-0.1, -0.05) is 18.2 Å². The molecule has 2 aromatic carbocycles. The fourth-order valence-electron chi connectivity index (χ4n) is 3.41. The first-order chi connectivity index (χ1) is 13.7. The molecule has 1 unspecified atom stereocenters. The summed E-state index contributed by atoms with van der Waals surface area (Å²) in [5, 5.41) is 0. The first-order valence-corrected chi connectivity index (χ1v) is 10.5. The lowest BCUT2D eigenvalue weighted by atomic mass is 10.2. The molecule has 1 saturated heterocycles. The standard InChI is InChI=1S/C19H18F3N3O3S/c20-19(21,22)13-5-3-7-15(11-13)29(26,27)23-12-14-6-4-10-25(14)18-24-16-8-1-2-9-17(16)28-18/h1-3,5,7-9,11,14,23H,4,6,10,12H2. The lowest BCUT2D eigenvalue weighted by molar-refractivity contribution is -0.137. The maximum atomic E-state index is 12.9. The number of nitrogens with one attached hydrogen (secondary N) is 1. The highest BCUT2D eigenvalue weighted by atomic mass is 32.2. The highest BCUT2D eigenvalue weighted by Crippen LogP contribution is 2.31. The number of anilines is 1. The third-order valence-electron chi connectivity index (χ3n) is 4.89. The van der Waals surface area contributed by atoms with E-state index in [4.69, 9.17) is 4.42 Å². The first kappa shape index (κ1) is 19.7. The Morgan fingerprint density at radius 2 is 1.97 bits per heavy atom. The second kappa shape index (κ2) is 7.34. The molecule has 1 aliphatic rings. The second-order valence-electron chi connectivity index (χ2n) is 6.83. The van der Waals surface area contributed by atoms with Crippen LogP contribution in [0.3, 0.4) is 0 Å². The number of sulfonamides is 1.